The summed E-state index contributed by atoms with van der Waals surface area (Å²) in [5, 5.41) is 10.5. The molecule has 122 valence electrons. The molecule has 1 aliphatic rings. The Morgan fingerprint density at radius 3 is 2.38 bits per heavy atom. The van der Waals surface area contributed by atoms with E-state index in [0.29, 0.717) is 43.0 Å². The number of nitrogens with zero attached hydrogens (tertiary/aromatic N) is 4. The van der Waals surface area contributed by atoms with Crippen molar-refractivity contribution in [2.24, 2.45) is 0 Å². The molecule has 3 aromatic rings. The SMILES string of the molecule is O=C(c1ccc2n[nH]nc2c1)N1CCN(C(=O)c2ccco2)CC1. The van der Waals surface area contributed by atoms with Gasteiger partial charge in [0.25, 0.3) is 11.8 Å². The molecule has 2 amide bonds. The van der Waals surface area contributed by atoms with Crippen molar-refractivity contribution in [3.63, 3.8) is 0 Å². The number of aromatic amines is 1. The molecule has 1 aliphatic heterocycles. The Kier molecular flexibility index (Phi) is 3.49. The number of furan rings is 1. The van der Waals surface area contributed by atoms with E-state index in [1.165, 1.54) is 6.26 Å². The van der Waals surface area contributed by atoms with Crippen molar-refractivity contribution in [3.8, 4) is 0 Å². The molecule has 1 saturated heterocycles. The van der Waals surface area contributed by atoms with Crippen LogP contribution in [0, 0.1) is 0 Å². The van der Waals surface area contributed by atoms with E-state index in [2.05, 4.69) is 15.4 Å². The largest absolute Gasteiger partial charge is 0.459 e. The number of fused-ring (bicyclic) bond motifs is 1. The molecule has 24 heavy (non-hydrogen) atoms. The van der Waals surface area contributed by atoms with Crippen LogP contribution in [-0.2, 0) is 0 Å². The summed E-state index contributed by atoms with van der Waals surface area (Å²) >= 11 is 0. The summed E-state index contributed by atoms with van der Waals surface area (Å²) in [6.07, 6.45) is 1.48. The van der Waals surface area contributed by atoms with E-state index in [9.17, 15) is 9.59 Å². The first-order valence-corrected chi connectivity index (χ1v) is 7.65. The molecule has 3 heterocycles. The highest BCUT2D eigenvalue weighted by molar-refractivity contribution is 5.97. The Morgan fingerprint density at radius 2 is 1.67 bits per heavy atom. The normalized spacial score (nSPS) is 15.0. The first-order valence-electron chi connectivity index (χ1n) is 7.65. The van der Waals surface area contributed by atoms with Crippen LogP contribution in [0.4, 0.5) is 0 Å². The molecule has 0 atom stereocenters. The number of aromatic nitrogens is 3. The average molecular weight is 325 g/mol. The molecule has 0 unspecified atom stereocenters. The van der Waals surface area contributed by atoms with Gasteiger partial charge in [-0.3, -0.25) is 9.59 Å². The van der Waals surface area contributed by atoms with Gasteiger partial charge in [0.1, 0.15) is 11.0 Å². The molecule has 8 heteroatoms. The molecule has 1 fully saturated rings. The van der Waals surface area contributed by atoms with Crippen LogP contribution in [0.15, 0.2) is 41.0 Å². The van der Waals surface area contributed by atoms with Crippen LogP contribution in [-0.4, -0.2) is 63.2 Å². The first kappa shape index (κ1) is 14.4. The van der Waals surface area contributed by atoms with Gasteiger partial charge in [0, 0.05) is 31.7 Å². The van der Waals surface area contributed by atoms with Crippen LogP contribution in [0.25, 0.3) is 11.0 Å². The highest BCUT2D eigenvalue weighted by atomic mass is 16.3. The summed E-state index contributed by atoms with van der Waals surface area (Å²) in [5.41, 5.74) is 1.95. The smallest absolute Gasteiger partial charge is 0.289 e. The number of carbonyl (C=O) groups excluding carboxylic acids is 2. The second-order valence-corrected chi connectivity index (χ2v) is 5.59. The van der Waals surface area contributed by atoms with Gasteiger partial charge in [-0.2, -0.15) is 15.4 Å². The lowest BCUT2D eigenvalue weighted by molar-refractivity contribution is 0.0518. The number of carbonyl (C=O) groups is 2. The summed E-state index contributed by atoms with van der Waals surface area (Å²) in [4.78, 5) is 28.3. The van der Waals surface area contributed by atoms with E-state index in [1.54, 1.807) is 40.1 Å². The van der Waals surface area contributed by atoms with Crippen LogP contribution >= 0.6 is 0 Å². The predicted molar refractivity (Wildman–Crippen MR) is 84.4 cm³/mol. The van der Waals surface area contributed by atoms with Crippen molar-refractivity contribution in [2.45, 2.75) is 0 Å². The van der Waals surface area contributed by atoms with Gasteiger partial charge in [-0.1, -0.05) is 0 Å². The van der Waals surface area contributed by atoms with Gasteiger partial charge in [0.15, 0.2) is 5.76 Å². The topological polar surface area (TPSA) is 95.3 Å². The Labute approximate surface area is 137 Å². The maximum atomic E-state index is 12.6. The Morgan fingerprint density at radius 1 is 0.958 bits per heavy atom. The van der Waals surface area contributed by atoms with Crippen molar-refractivity contribution < 1.29 is 14.0 Å². The third-order valence-electron chi connectivity index (χ3n) is 4.15. The number of rotatable bonds is 2. The van der Waals surface area contributed by atoms with Gasteiger partial charge in [0.05, 0.1) is 6.26 Å². The van der Waals surface area contributed by atoms with Gasteiger partial charge in [0.2, 0.25) is 0 Å². The maximum Gasteiger partial charge on any atom is 0.289 e. The monoisotopic (exact) mass is 325 g/mol. The number of nitrogens with one attached hydrogen (secondary N) is 1. The van der Waals surface area contributed by atoms with Crippen molar-refractivity contribution in [3.05, 3.63) is 47.9 Å². The van der Waals surface area contributed by atoms with E-state index in [0.717, 1.165) is 5.52 Å². The molecular formula is C16H15N5O3. The van der Waals surface area contributed by atoms with Crippen LogP contribution in [0.5, 0.6) is 0 Å². The van der Waals surface area contributed by atoms with Gasteiger partial charge in [-0.15, -0.1) is 0 Å². The van der Waals surface area contributed by atoms with Crippen molar-refractivity contribution >= 4 is 22.8 Å². The Balaban J connectivity index is 1.43. The molecule has 2 aromatic heterocycles. The number of amides is 2. The minimum atomic E-state index is -0.142. The van der Waals surface area contributed by atoms with Gasteiger partial charge in [-0.25, -0.2) is 0 Å². The lowest BCUT2D eigenvalue weighted by atomic mass is 10.1. The Hall–Kier alpha value is -3.16. The van der Waals surface area contributed by atoms with Crippen LogP contribution in [0.2, 0.25) is 0 Å². The summed E-state index contributed by atoms with van der Waals surface area (Å²) < 4.78 is 5.14. The standard InChI is InChI=1S/C16H15N5O3/c22-15(11-3-4-12-13(10-11)18-19-17-12)20-5-7-21(8-6-20)16(23)14-2-1-9-24-14/h1-4,9-10H,5-8H2,(H,17,18,19). The lowest BCUT2D eigenvalue weighted by Crippen LogP contribution is -2.50. The summed E-state index contributed by atoms with van der Waals surface area (Å²) in [6, 6.07) is 8.57. The van der Waals surface area contributed by atoms with Crippen molar-refractivity contribution in [2.75, 3.05) is 26.2 Å². The summed E-state index contributed by atoms with van der Waals surface area (Å²) in [7, 11) is 0. The number of H-pyrrole nitrogens is 1. The van der Waals surface area contributed by atoms with Crippen LogP contribution < -0.4 is 0 Å². The summed E-state index contributed by atoms with van der Waals surface area (Å²) in [6.45, 7) is 1.94. The minimum absolute atomic E-state index is 0.0648. The predicted octanol–water partition coefficient (Wildman–Crippen LogP) is 1.15. The second-order valence-electron chi connectivity index (χ2n) is 5.59. The fraction of sp³-hybridized carbons (Fsp3) is 0.250. The fourth-order valence-electron chi connectivity index (χ4n) is 2.82. The highest BCUT2D eigenvalue weighted by Gasteiger charge is 2.26. The van der Waals surface area contributed by atoms with Gasteiger partial charge >= 0.3 is 0 Å². The summed E-state index contributed by atoms with van der Waals surface area (Å²) in [5.74, 6) is 0.118. The number of hydrogen-bond donors (Lipinski definition) is 1. The average Bonchev–Trinajstić information content (AvgIpc) is 3.31. The zero-order valence-corrected chi connectivity index (χ0v) is 12.8. The lowest BCUT2D eigenvalue weighted by Gasteiger charge is -2.34. The van der Waals surface area contributed by atoms with Gasteiger partial charge in [-0.05, 0) is 30.3 Å². The van der Waals surface area contributed by atoms with E-state index in [4.69, 9.17) is 4.42 Å². The Bertz CT molecular complexity index is 878. The molecule has 0 radical (unpaired) electrons. The molecule has 0 aliphatic carbocycles. The van der Waals surface area contributed by atoms with Gasteiger partial charge < -0.3 is 14.2 Å². The zero-order valence-electron chi connectivity index (χ0n) is 12.8. The van der Waals surface area contributed by atoms with Crippen LogP contribution in [0.1, 0.15) is 20.9 Å². The third-order valence-corrected chi connectivity index (χ3v) is 4.15. The van der Waals surface area contributed by atoms with Crippen molar-refractivity contribution in [1.29, 1.82) is 0 Å². The molecule has 0 bridgehead atoms. The number of benzene rings is 1. The molecular weight excluding hydrogens is 310 g/mol. The molecule has 8 nitrogen and oxygen atoms in total. The second kappa shape index (κ2) is 5.80. The first-order chi connectivity index (χ1) is 11.7. The van der Waals surface area contributed by atoms with Crippen LogP contribution in [0.3, 0.4) is 0 Å². The maximum absolute atomic E-state index is 12.6. The highest BCUT2D eigenvalue weighted by Crippen LogP contribution is 2.15. The number of hydrogen-bond acceptors (Lipinski definition) is 5. The minimum Gasteiger partial charge on any atom is -0.459 e. The van der Waals surface area contributed by atoms with E-state index >= 15 is 0 Å². The quantitative estimate of drug-likeness (QED) is 0.762. The van der Waals surface area contributed by atoms with E-state index in [-0.39, 0.29) is 11.8 Å². The number of piperazine rings is 1. The molecule has 1 aromatic carbocycles. The third kappa shape index (κ3) is 2.51. The van der Waals surface area contributed by atoms with E-state index < -0.39 is 0 Å². The molecule has 1 N–H and O–H groups in total. The molecule has 0 saturated carbocycles. The molecule has 0 spiro atoms. The fourth-order valence-corrected chi connectivity index (χ4v) is 2.82. The van der Waals surface area contributed by atoms with E-state index in [1.807, 2.05) is 0 Å². The zero-order chi connectivity index (χ0) is 16.5. The van der Waals surface area contributed by atoms with Crippen molar-refractivity contribution in [1.82, 2.24) is 25.2 Å². The molecule has 4 rings (SSSR count).